The molecule has 1 aliphatic rings. The SMILES string of the molecule is O=C(O)c1ccc(CN2CCCC(O)C2)cc1F. The van der Waals surface area contributed by atoms with E-state index >= 15 is 0 Å². The Labute approximate surface area is 105 Å². The van der Waals surface area contributed by atoms with Gasteiger partial charge in [-0.1, -0.05) is 6.07 Å². The summed E-state index contributed by atoms with van der Waals surface area (Å²) in [6, 6.07) is 4.16. The van der Waals surface area contributed by atoms with Gasteiger partial charge in [-0.05, 0) is 37.1 Å². The number of aliphatic hydroxyl groups is 1. The van der Waals surface area contributed by atoms with Crippen molar-refractivity contribution in [3.8, 4) is 0 Å². The second-order valence-electron chi connectivity index (χ2n) is 4.65. The van der Waals surface area contributed by atoms with Crippen LogP contribution in [-0.4, -0.2) is 40.3 Å². The molecule has 1 aromatic rings. The van der Waals surface area contributed by atoms with Crippen molar-refractivity contribution in [1.82, 2.24) is 4.90 Å². The smallest absolute Gasteiger partial charge is 0.338 e. The number of piperidine rings is 1. The third-order valence-electron chi connectivity index (χ3n) is 3.15. The van der Waals surface area contributed by atoms with Crippen molar-refractivity contribution in [2.75, 3.05) is 13.1 Å². The molecule has 0 aromatic heterocycles. The summed E-state index contributed by atoms with van der Waals surface area (Å²) in [6.45, 7) is 2.00. The van der Waals surface area contributed by atoms with E-state index < -0.39 is 11.8 Å². The maximum absolute atomic E-state index is 13.5. The molecule has 18 heavy (non-hydrogen) atoms. The molecule has 0 saturated carbocycles. The Bertz CT molecular complexity index is 450. The Kier molecular flexibility index (Phi) is 3.93. The summed E-state index contributed by atoms with van der Waals surface area (Å²) in [5.74, 6) is -1.97. The van der Waals surface area contributed by atoms with Crippen LogP contribution in [0.3, 0.4) is 0 Å². The van der Waals surface area contributed by atoms with Gasteiger partial charge in [0.25, 0.3) is 0 Å². The van der Waals surface area contributed by atoms with E-state index in [0.717, 1.165) is 24.9 Å². The molecule has 2 N–H and O–H groups in total. The van der Waals surface area contributed by atoms with Crippen LogP contribution in [0.25, 0.3) is 0 Å². The minimum absolute atomic E-state index is 0.308. The lowest BCUT2D eigenvalue weighted by molar-refractivity contribution is 0.0668. The third-order valence-corrected chi connectivity index (χ3v) is 3.15. The Balaban J connectivity index is 2.05. The van der Waals surface area contributed by atoms with Crippen LogP contribution in [0.4, 0.5) is 4.39 Å². The molecule has 1 atom stereocenters. The summed E-state index contributed by atoms with van der Waals surface area (Å²) >= 11 is 0. The van der Waals surface area contributed by atoms with Crippen molar-refractivity contribution in [3.05, 3.63) is 35.1 Å². The van der Waals surface area contributed by atoms with Gasteiger partial charge >= 0.3 is 5.97 Å². The Morgan fingerprint density at radius 2 is 2.28 bits per heavy atom. The van der Waals surface area contributed by atoms with Gasteiger partial charge in [0.15, 0.2) is 0 Å². The molecule has 0 aliphatic carbocycles. The van der Waals surface area contributed by atoms with E-state index in [2.05, 4.69) is 0 Å². The lowest BCUT2D eigenvalue weighted by atomic mass is 10.1. The van der Waals surface area contributed by atoms with E-state index in [4.69, 9.17) is 5.11 Å². The first-order chi connectivity index (χ1) is 8.56. The molecule has 1 unspecified atom stereocenters. The third kappa shape index (κ3) is 3.05. The van der Waals surface area contributed by atoms with Crippen molar-refractivity contribution in [1.29, 1.82) is 0 Å². The number of likely N-dealkylation sites (tertiary alicyclic amines) is 1. The highest BCUT2D eigenvalue weighted by molar-refractivity contribution is 5.87. The highest BCUT2D eigenvalue weighted by Gasteiger charge is 2.18. The molecule has 1 heterocycles. The maximum Gasteiger partial charge on any atom is 0.338 e. The second-order valence-corrected chi connectivity index (χ2v) is 4.65. The molecule has 5 heteroatoms. The molecular weight excluding hydrogens is 237 g/mol. The van der Waals surface area contributed by atoms with E-state index in [-0.39, 0.29) is 11.7 Å². The Hall–Kier alpha value is -1.46. The van der Waals surface area contributed by atoms with Crippen LogP contribution in [-0.2, 0) is 6.54 Å². The predicted molar refractivity (Wildman–Crippen MR) is 63.9 cm³/mol. The summed E-state index contributed by atoms with van der Waals surface area (Å²) < 4.78 is 13.5. The molecular formula is C13H16FNO3. The lowest BCUT2D eigenvalue weighted by Crippen LogP contribution is -2.37. The van der Waals surface area contributed by atoms with Gasteiger partial charge in [-0.3, -0.25) is 4.90 Å². The Morgan fingerprint density at radius 1 is 1.50 bits per heavy atom. The molecule has 0 amide bonds. The van der Waals surface area contributed by atoms with Crippen LogP contribution < -0.4 is 0 Å². The number of hydrogen-bond donors (Lipinski definition) is 2. The Morgan fingerprint density at radius 3 is 2.89 bits per heavy atom. The van der Waals surface area contributed by atoms with Gasteiger partial charge < -0.3 is 10.2 Å². The van der Waals surface area contributed by atoms with Crippen LogP contribution in [0.5, 0.6) is 0 Å². The lowest BCUT2D eigenvalue weighted by Gasteiger charge is -2.29. The number of nitrogens with zero attached hydrogens (tertiary/aromatic N) is 1. The zero-order valence-corrected chi connectivity index (χ0v) is 9.97. The normalized spacial score (nSPS) is 20.9. The quantitative estimate of drug-likeness (QED) is 0.856. The van der Waals surface area contributed by atoms with Gasteiger partial charge in [0, 0.05) is 13.1 Å². The monoisotopic (exact) mass is 253 g/mol. The number of hydrogen-bond acceptors (Lipinski definition) is 3. The van der Waals surface area contributed by atoms with E-state index in [9.17, 15) is 14.3 Å². The van der Waals surface area contributed by atoms with Gasteiger partial charge in [0.05, 0.1) is 11.7 Å². The first-order valence-corrected chi connectivity index (χ1v) is 5.98. The highest BCUT2D eigenvalue weighted by Crippen LogP contribution is 2.16. The van der Waals surface area contributed by atoms with Crippen LogP contribution in [0.15, 0.2) is 18.2 Å². The fourth-order valence-electron chi connectivity index (χ4n) is 2.26. The maximum atomic E-state index is 13.5. The first kappa shape index (κ1) is 13.0. The second kappa shape index (κ2) is 5.46. The average Bonchev–Trinajstić information content (AvgIpc) is 2.28. The zero-order valence-electron chi connectivity index (χ0n) is 9.97. The average molecular weight is 253 g/mol. The molecule has 4 nitrogen and oxygen atoms in total. The van der Waals surface area contributed by atoms with Crippen molar-refractivity contribution >= 4 is 5.97 Å². The van der Waals surface area contributed by atoms with Crippen LogP contribution in [0.1, 0.15) is 28.8 Å². The number of benzene rings is 1. The number of aliphatic hydroxyl groups excluding tert-OH is 1. The number of β-amino-alcohol motifs (C(OH)–C–C–N with tert-alkyl or cyclic N) is 1. The number of carboxylic acid groups (broad SMARTS) is 1. The van der Waals surface area contributed by atoms with Crippen LogP contribution in [0.2, 0.25) is 0 Å². The zero-order chi connectivity index (χ0) is 13.1. The van der Waals surface area contributed by atoms with Gasteiger partial charge in [-0.25, -0.2) is 9.18 Å². The molecule has 0 radical (unpaired) electrons. The van der Waals surface area contributed by atoms with Crippen LogP contribution >= 0.6 is 0 Å². The summed E-state index contributed by atoms with van der Waals surface area (Å²) in [5.41, 5.74) is 0.420. The summed E-state index contributed by atoms with van der Waals surface area (Å²) in [5, 5.41) is 18.3. The minimum Gasteiger partial charge on any atom is -0.478 e. The van der Waals surface area contributed by atoms with Gasteiger partial charge in [0.1, 0.15) is 5.82 Å². The highest BCUT2D eigenvalue weighted by atomic mass is 19.1. The number of halogens is 1. The molecule has 1 fully saturated rings. The van der Waals surface area contributed by atoms with E-state index in [1.54, 1.807) is 6.07 Å². The number of rotatable bonds is 3. The number of aromatic carboxylic acids is 1. The van der Waals surface area contributed by atoms with Crippen molar-refractivity contribution in [3.63, 3.8) is 0 Å². The number of carboxylic acids is 1. The van der Waals surface area contributed by atoms with E-state index in [0.29, 0.717) is 13.1 Å². The first-order valence-electron chi connectivity index (χ1n) is 5.98. The summed E-state index contributed by atoms with van der Waals surface area (Å²) in [6.07, 6.45) is 1.42. The van der Waals surface area contributed by atoms with Crippen molar-refractivity contribution in [2.24, 2.45) is 0 Å². The van der Waals surface area contributed by atoms with E-state index in [1.165, 1.54) is 12.1 Å². The topological polar surface area (TPSA) is 60.8 Å². The molecule has 98 valence electrons. The molecule has 2 rings (SSSR count). The molecule has 1 aromatic carbocycles. The molecule has 1 aliphatic heterocycles. The van der Waals surface area contributed by atoms with Gasteiger partial charge in [-0.2, -0.15) is 0 Å². The number of carbonyl (C=O) groups is 1. The molecule has 0 spiro atoms. The van der Waals surface area contributed by atoms with Gasteiger partial charge in [-0.15, -0.1) is 0 Å². The van der Waals surface area contributed by atoms with E-state index in [1.807, 2.05) is 4.90 Å². The van der Waals surface area contributed by atoms with Crippen LogP contribution in [0, 0.1) is 5.82 Å². The largest absolute Gasteiger partial charge is 0.478 e. The molecule has 0 bridgehead atoms. The van der Waals surface area contributed by atoms with Crippen molar-refractivity contribution < 1.29 is 19.4 Å². The summed E-state index contributed by atoms with van der Waals surface area (Å²) in [7, 11) is 0. The minimum atomic E-state index is -1.26. The van der Waals surface area contributed by atoms with Gasteiger partial charge in [0.2, 0.25) is 0 Å². The fraction of sp³-hybridized carbons (Fsp3) is 0.462. The standard InChI is InChI=1S/C13H16FNO3/c14-12-6-9(3-4-11(12)13(17)18)7-15-5-1-2-10(16)8-15/h3-4,6,10,16H,1-2,5,7-8H2,(H,17,18). The molecule has 1 saturated heterocycles. The fourth-order valence-corrected chi connectivity index (χ4v) is 2.26. The predicted octanol–water partition coefficient (Wildman–Crippen LogP) is 1.48. The summed E-state index contributed by atoms with van der Waals surface area (Å²) in [4.78, 5) is 12.7. The van der Waals surface area contributed by atoms with Crippen molar-refractivity contribution in [2.45, 2.75) is 25.5 Å².